The Kier molecular flexibility index (Phi) is 4.26. The summed E-state index contributed by atoms with van der Waals surface area (Å²) in [4.78, 5) is 0.319. The van der Waals surface area contributed by atoms with E-state index in [1.807, 2.05) is 73.7 Å². The van der Waals surface area contributed by atoms with E-state index in [9.17, 15) is 8.42 Å². The van der Waals surface area contributed by atoms with Gasteiger partial charge in [-0.05, 0) is 30.2 Å². The zero-order chi connectivity index (χ0) is 18.1. The summed E-state index contributed by atoms with van der Waals surface area (Å²) in [6, 6.07) is 24.7. The van der Waals surface area contributed by atoms with Crippen molar-refractivity contribution in [2.75, 3.05) is 5.32 Å². The van der Waals surface area contributed by atoms with Crippen LogP contribution in [0.1, 0.15) is 22.9 Å². The molecule has 1 N–H and O–H groups in total. The van der Waals surface area contributed by atoms with Gasteiger partial charge in [0.15, 0.2) is 0 Å². The monoisotopic (exact) mass is 364 g/mol. The lowest BCUT2D eigenvalue weighted by atomic mass is 10.1. The molecule has 0 saturated heterocycles. The number of anilines is 1. The minimum atomic E-state index is -3.62. The van der Waals surface area contributed by atoms with Crippen LogP contribution in [0.2, 0.25) is 0 Å². The summed E-state index contributed by atoms with van der Waals surface area (Å²) in [5.74, 6) is 0. The molecule has 0 fully saturated rings. The first-order chi connectivity index (χ1) is 12.6. The molecule has 3 aromatic rings. The predicted octanol–water partition coefficient (Wildman–Crippen LogP) is 4.31. The van der Waals surface area contributed by atoms with E-state index in [-0.39, 0.29) is 0 Å². The van der Waals surface area contributed by atoms with Gasteiger partial charge in [-0.3, -0.25) is 0 Å². The van der Waals surface area contributed by atoms with Crippen LogP contribution in [0.25, 0.3) is 0 Å². The summed E-state index contributed by atoms with van der Waals surface area (Å²) in [6.07, 6.45) is -0.448. The number of benzene rings is 3. The van der Waals surface area contributed by atoms with Gasteiger partial charge in [-0.1, -0.05) is 72.3 Å². The van der Waals surface area contributed by atoms with E-state index < -0.39 is 16.2 Å². The van der Waals surface area contributed by atoms with E-state index in [0.717, 1.165) is 16.7 Å². The first kappa shape index (κ1) is 16.8. The van der Waals surface area contributed by atoms with E-state index in [0.29, 0.717) is 17.1 Å². The van der Waals surface area contributed by atoms with Crippen LogP contribution in [-0.2, 0) is 16.6 Å². The minimum absolute atomic E-state index is 0.309. The summed E-state index contributed by atoms with van der Waals surface area (Å²) < 4.78 is 28.2. The van der Waals surface area contributed by atoms with Crippen molar-refractivity contribution in [3.05, 3.63) is 95.6 Å². The molecule has 26 heavy (non-hydrogen) atoms. The van der Waals surface area contributed by atoms with Crippen LogP contribution in [0.5, 0.6) is 0 Å². The Balaban J connectivity index is 1.83. The molecule has 0 aromatic heterocycles. The van der Waals surface area contributed by atoms with Crippen molar-refractivity contribution in [3.8, 4) is 0 Å². The normalized spacial score (nSPS) is 18.7. The molecule has 0 bridgehead atoms. The molecule has 0 unspecified atom stereocenters. The third-order valence-corrected chi connectivity index (χ3v) is 6.50. The Morgan fingerprint density at radius 3 is 2.27 bits per heavy atom. The van der Waals surface area contributed by atoms with E-state index in [1.165, 1.54) is 4.31 Å². The molecule has 132 valence electrons. The van der Waals surface area contributed by atoms with Gasteiger partial charge in [-0.2, -0.15) is 4.31 Å². The van der Waals surface area contributed by atoms with Crippen LogP contribution in [0, 0.1) is 6.92 Å². The van der Waals surface area contributed by atoms with Crippen molar-refractivity contribution in [2.45, 2.75) is 24.5 Å². The Morgan fingerprint density at radius 1 is 0.885 bits per heavy atom. The van der Waals surface area contributed by atoms with Crippen molar-refractivity contribution in [3.63, 3.8) is 0 Å². The molecule has 0 radical (unpaired) electrons. The maximum absolute atomic E-state index is 13.3. The second-order valence-corrected chi connectivity index (χ2v) is 8.35. The third kappa shape index (κ3) is 3.00. The summed E-state index contributed by atoms with van der Waals surface area (Å²) in [7, 11) is -3.62. The first-order valence-electron chi connectivity index (χ1n) is 8.53. The fraction of sp³-hybridized carbons (Fsp3) is 0.143. The van der Waals surface area contributed by atoms with Crippen LogP contribution in [0.4, 0.5) is 5.69 Å². The molecule has 1 atom stereocenters. The largest absolute Gasteiger partial charge is 0.364 e. The van der Waals surface area contributed by atoms with E-state index in [1.54, 1.807) is 12.1 Å². The summed E-state index contributed by atoms with van der Waals surface area (Å²) in [5.41, 5.74) is 3.66. The molecule has 4 rings (SSSR count). The summed E-state index contributed by atoms with van der Waals surface area (Å²) in [6.45, 7) is 2.33. The van der Waals surface area contributed by atoms with Gasteiger partial charge in [-0.25, -0.2) is 8.42 Å². The molecule has 1 aliphatic rings. The topological polar surface area (TPSA) is 49.4 Å². The Morgan fingerprint density at radius 2 is 1.54 bits per heavy atom. The van der Waals surface area contributed by atoms with E-state index >= 15 is 0 Å². The molecular formula is C21H20N2O2S. The quantitative estimate of drug-likeness (QED) is 0.753. The first-order valence-corrected chi connectivity index (χ1v) is 9.97. The van der Waals surface area contributed by atoms with Crippen LogP contribution in [0.3, 0.4) is 0 Å². The Bertz CT molecular complexity index is 1020. The standard InChI is InChI=1S/C21H20N2O2S/c1-16-11-13-18(14-12-16)21-22-19-9-5-6-10-20(19)26(24,25)23(21)15-17-7-3-2-4-8-17/h2-14,21-22H,15H2,1H3/t21-/m1/s1. The highest BCUT2D eigenvalue weighted by Gasteiger charge is 2.38. The third-order valence-electron chi connectivity index (χ3n) is 4.63. The van der Waals surface area contributed by atoms with Crippen LogP contribution in [0.15, 0.2) is 83.8 Å². The number of hydrogen-bond acceptors (Lipinski definition) is 3. The summed E-state index contributed by atoms with van der Waals surface area (Å²) in [5, 5.41) is 3.41. The van der Waals surface area contributed by atoms with E-state index in [2.05, 4.69) is 5.32 Å². The smallest absolute Gasteiger partial charge is 0.247 e. The molecule has 3 aromatic carbocycles. The molecule has 0 saturated carbocycles. The fourth-order valence-electron chi connectivity index (χ4n) is 3.23. The maximum Gasteiger partial charge on any atom is 0.247 e. The molecular weight excluding hydrogens is 344 g/mol. The lowest BCUT2D eigenvalue weighted by Crippen LogP contribution is -2.42. The SMILES string of the molecule is Cc1ccc([C@@H]2Nc3ccccc3S(=O)(=O)N2Cc2ccccc2)cc1. The van der Waals surface area contributed by atoms with Crippen molar-refractivity contribution >= 4 is 15.7 Å². The van der Waals surface area contributed by atoms with Gasteiger partial charge in [0.25, 0.3) is 0 Å². The molecule has 1 heterocycles. The van der Waals surface area contributed by atoms with Crippen molar-refractivity contribution < 1.29 is 8.42 Å². The number of para-hydroxylation sites is 1. The second-order valence-electron chi connectivity index (χ2n) is 6.49. The highest BCUT2D eigenvalue weighted by molar-refractivity contribution is 7.89. The van der Waals surface area contributed by atoms with Crippen LogP contribution < -0.4 is 5.32 Å². The zero-order valence-electron chi connectivity index (χ0n) is 14.5. The number of rotatable bonds is 3. The number of nitrogens with zero attached hydrogens (tertiary/aromatic N) is 1. The van der Waals surface area contributed by atoms with Crippen LogP contribution in [-0.4, -0.2) is 12.7 Å². The summed E-state index contributed by atoms with van der Waals surface area (Å²) >= 11 is 0. The van der Waals surface area contributed by atoms with E-state index in [4.69, 9.17) is 0 Å². The number of nitrogens with one attached hydrogen (secondary N) is 1. The molecule has 1 aliphatic heterocycles. The van der Waals surface area contributed by atoms with Gasteiger partial charge < -0.3 is 5.32 Å². The minimum Gasteiger partial charge on any atom is -0.364 e. The Hall–Kier alpha value is -2.63. The van der Waals surface area contributed by atoms with Gasteiger partial charge in [0, 0.05) is 6.54 Å². The lowest BCUT2D eigenvalue weighted by molar-refractivity contribution is 0.336. The molecule has 0 spiro atoms. The van der Waals surface area contributed by atoms with Gasteiger partial charge in [0.2, 0.25) is 10.0 Å². The van der Waals surface area contributed by atoms with Crippen molar-refractivity contribution in [1.29, 1.82) is 0 Å². The lowest BCUT2D eigenvalue weighted by Gasteiger charge is -2.37. The average Bonchev–Trinajstić information content (AvgIpc) is 2.66. The molecule has 5 heteroatoms. The van der Waals surface area contributed by atoms with Gasteiger partial charge in [-0.15, -0.1) is 0 Å². The highest BCUT2D eigenvalue weighted by Crippen LogP contribution is 2.39. The van der Waals surface area contributed by atoms with Gasteiger partial charge in [0.1, 0.15) is 11.1 Å². The molecule has 0 amide bonds. The Labute approximate surface area is 154 Å². The van der Waals surface area contributed by atoms with Crippen molar-refractivity contribution in [2.24, 2.45) is 0 Å². The molecule has 0 aliphatic carbocycles. The van der Waals surface area contributed by atoms with Gasteiger partial charge in [0.05, 0.1) is 5.69 Å². The maximum atomic E-state index is 13.3. The number of aryl methyl sites for hydroxylation is 1. The number of sulfonamides is 1. The second kappa shape index (κ2) is 6.59. The predicted molar refractivity (Wildman–Crippen MR) is 103 cm³/mol. The zero-order valence-corrected chi connectivity index (χ0v) is 15.3. The van der Waals surface area contributed by atoms with Crippen molar-refractivity contribution in [1.82, 2.24) is 4.31 Å². The van der Waals surface area contributed by atoms with Gasteiger partial charge >= 0.3 is 0 Å². The number of hydrogen-bond donors (Lipinski definition) is 1. The fourth-order valence-corrected chi connectivity index (χ4v) is 4.91. The highest BCUT2D eigenvalue weighted by atomic mass is 32.2. The number of fused-ring (bicyclic) bond motifs is 1. The van der Waals surface area contributed by atoms with Crippen LogP contribution >= 0.6 is 0 Å². The molecule has 4 nitrogen and oxygen atoms in total. The average molecular weight is 364 g/mol.